The maximum Gasteiger partial charge on any atom is 0.225 e. The standard InChI is InChI=1S/C17H24N2O3/c1-21-14-8-7-11(9-15(14)22-2)17-13(18)10-16(20)19(17)12-5-3-4-6-12/h7-9,12-13,17H,3-6,10,18H2,1-2H3. The second-order valence-electron chi connectivity index (χ2n) is 6.17. The van der Waals surface area contributed by atoms with Crippen molar-refractivity contribution < 1.29 is 14.3 Å². The van der Waals surface area contributed by atoms with Crippen molar-refractivity contribution in [2.45, 2.75) is 50.2 Å². The number of amides is 1. The predicted molar refractivity (Wildman–Crippen MR) is 84.0 cm³/mol. The van der Waals surface area contributed by atoms with Crippen molar-refractivity contribution in [2.24, 2.45) is 5.73 Å². The average Bonchev–Trinajstić information content (AvgIpc) is 3.13. The highest BCUT2D eigenvalue weighted by atomic mass is 16.5. The molecule has 5 heteroatoms. The van der Waals surface area contributed by atoms with Gasteiger partial charge in [0.05, 0.1) is 20.3 Å². The fourth-order valence-corrected chi connectivity index (χ4v) is 3.84. The second kappa shape index (κ2) is 6.16. The van der Waals surface area contributed by atoms with E-state index in [2.05, 4.69) is 0 Å². The van der Waals surface area contributed by atoms with Crippen molar-refractivity contribution in [3.63, 3.8) is 0 Å². The SMILES string of the molecule is COc1ccc(C2C(N)CC(=O)N2C2CCCC2)cc1OC. The van der Waals surface area contributed by atoms with Gasteiger partial charge in [0, 0.05) is 18.5 Å². The number of carbonyl (C=O) groups is 1. The van der Waals surface area contributed by atoms with E-state index < -0.39 is 0 Å². The van der Waals surface area contributed by atoms with Crippen LogP contribution in [0.2, 0.25) is 0 Å². The summed E-state index contributed by atoms with van der Waals surface area (Å²) in [5, 5.41) is 0. The summed E-state index contributed by atoms with van der Waals surface area (Å²) in [5.41, 5.74) is 7.32. The first-order chi connectivity index (χ1) is 10.7. The van der Waals surface area contributed by atoms with Crippen LogP contribution in [-0.2, 0) is 4.79 Å². The van der Waals surface area contributed by atoms with Crippen molar-refractivity contribution >= 4 is 5.91 Å². The van der Waals surface area contributed by atoms with Crippen LogP contribution in [0.5, 0.6) is 11.5 Å². The first-order valence-corrected chi connectivity index (χ1v) is 7.94. The van der Waals surface area contributed by atoms with Crippen LogP contribution in [-0.4, -0.2) is 37.1 Å². The van der Waals surface area contributed by atoms with Gasteiger partial charge in [-0.2, -0.15) is 0 Å². The number of hydrogen-bond donors (Lipinski definition) is 1. The average molecular weight is 304 g/mol. The lowest BCUT2D eigenvalue weighted by Crippen LogP contribution is -2.39. The lowest BCUT2D eigenvalue weighted by molar-refractivity contribution is -0.131. The molecule has 2 N–H and O–H groups in total. The molecule has 2 aliphatic rings. The molecule has 0 bridgehead atoms. The largest absolute Gasteiger partial charge is 0.493 e. The van der Waals surface area contributed by atoms with Gasteiger partial charge in [-0.05, 0) is 30.5 Å². The van der Waals surface area contributed by atoms with Crippen LogP contribution in [0.15, 0.2) is 18.2 Å². The molecule has 2 atom stereocenters. The number of nitrogens with zero attached hydrogens (tertiary/aromatic N) is 1. The quantitative estimate of drug-likeness (QED) is 0.926. The van der Waals surface area contributed by atoms with Crippen molar-refractivity contribution in [1.29, 1.82) is 0 Å². The highest BCUT2D eigenvalue weighted by Crippen LogP contribution is 2.40. The van der Waals surface area contributed by atoms with Gasteiger partial charge in [-0.3, -0.25) is 4.79 Å². The smallest absolute Gasteiger partial charge is 0.225 e. The summed E-state index contributed by atoms with van der Waals surface area (Å²) in [6.45, 7) is 0. The molecule has 2 fully saturated rings. The van der Waals surface area contributed by atoms with Crippen molar-refractivity contribution in [3.05, 3.63) is 23.8 Å². The fourth-order valence-electron chi connectivity index (χ4n) is 3.84. The molecule has 1 saturated heterocycles. The summed E-state index contributed by atoms with van der Waals surface area (Å²) in [7, 11) is 3.24. The third-order valence-corrected chi connectivity index (χ3v) is 4.87. The lowest BCUT2D eigenvalue weighted by atomic mass is 9.99. The Labute approximate surface area is 131 Å². The first kappa shape index (κ1) is 15.2. The number of likely N-dealkylation sites (tertiary alicyclic amines) is 1. The van der Waals surface area contributed by atoms with Crippen LogP contribution < -0.4 is 15.2 Å². The van der Waals surface area contributed by atoms with Crippen molar-refractivity contribution in [3.8, 4) is 11.5 Å². The molecule has 1 aromatic carbocycles. The summed E-state index contributed by atoms with van der Waals surface area (Å²) in [5.74, 6) is 1.55. The number of carbonyl (C=O) groups excluding carboxylic acids is 1. The highest BCUT2D eigenvalue weighted by molar-refractivity contribution is 5.81. The van der Waals surface area contributed by atoms with Crippen LogP contribution in [0.4, 0.5) is 0 Å². The molecule has 0 aromatic heterocycles. The van der Waals surface area contributed by atoms with E-state index in [9.17, 15) is 4.79 Å². The van der Waals surface area contributed by atoms with E-state index in [1.54, 1.807) is 14.2 Å². The number of ether oxygens (including phenoxy) is 2. The maximum absolute atomic E-state index is 12.4. The van der Waals surface area contributed by atoms with E-state index in [1.165, 1.54) is 12.8 Å². The van der Waals surface area contributed by atoms with Crippen LogP contribution in [0, 0.1) is 0 Å². The van der Waals surface area contributed by atoms with Gasteiger partial charge in [-0.25, -0.2) is 0 Å². The lowest BCUT2D eigenvalue weighted by Gasteiger charge is -2.32. The molecule has 1 aliphatic carbocycles. The van der Waals surface area contributed by atoms with Crippen LogP contribution in [0.3, 0.4) is 0 Å². The van der Waals surface area contributed by atoms with Crippen LogP contribution in [0.1, 0.15) is 43.7 Å². The number of hydrogen-bond acceptors (Lipinski definition) is 4. The van der Waals surface area contributed by atoms with E-state index in [0.29, 0.717) is 24.0 Å². The third-order valence-electron chi connectivity index (χ3n) is 4.87. The number of nitrogens with two attached hydrogens (primary N) is 1. The third kappa shape index (κ3) is 2.54. The van der Waals surface area contributed by atoms with Gasteiger partial charge >= 0.3 is 0 Å². The topological polar surface area (TPSA) is 64.8 Å². The molecule has 2 unspecified atom stereocenters. The Morgan fingerprint density at radius 2 is 1.82 bits per heavy atom. The molecule has 1 saturated carbocycles. The highest BCUT2D eigenvalue weighted by Gasteiger charge is 2.43. The molecule has 1 aromatic rings. The molecule has 1 amide bonds. The Morgan fingerprint density at radius 3 is 2.45 bits per heavy atom. The zero-order valence-corrected chi connectivity index (χ0v) is 13.2. The van der Waals surface area contributed by atoms with Crippen LogP contribution >= 0.6 is 0 Å². The van der Waals surface area contributed by atoms with Gasteiger partial charge in [-0.15, -0.1) is 0 Å². The summed E-state index contributed by atoms with van der Waals surface area (Å²) in [6.07, 6.45) is 4.99. The van der Waals surface area contributed by atoms with Gasteiger partial charge in [0.25, 0.3) is 0 Å². The van der Waals surface area contributed by atoms with E-state index in [1.807, 2.05) is 23.1 Å². The maximum atomic E-state index is 12.4. The monoisotopic (exact) mass is 304 g/mol. The molecule has 22 heavy (non-hydrogen) atoms. The van der Waals surface area contributed by atoms with E-state index in [0.717, 1.165) is 18.4 Å². The zero-order chi connectivity index (χ0) is 15.7. The first-order valence-electron chi connectivity index (χ1n) is 7.94. The van der Waals surface area contributed by atoms with Crippen molar-refractivity contribution in [2.75, 3.05) is 14.2 Å². The summed E-state index contributed by atoms with van der Waals surface area (Å²) < 4.78 is 10.7. The Kier molecular flexibility index (Phi) is 4.25. The van der Waals surface area contributed by atoms with Gasteiger partial charge in [0.2, 0.25) is 5.91 Å². The van der Waals surface area contributed by atoms with Gasteiger partial charge in [-0.1, -0.05) is 18.9 Å². The Morgan fingerprint density at radius 1 is 1.14 bits per heavy atom. The number of rotatable bonds is 4. The summed E-state index contributed by atoms with van der Waals surface area (Å²) >= 11 is 0. The molecular formula is C17H24N2O3. The van der Waals surface area contributed by atoms with E-state index >= 15 is 0 Å². The van der Waals surface area contributed by atoms with E-state index in [4.69, 9.17) is 15.2 Å². The summed E-state index contributed by atoms with van der Waals surface area (Å²) in [6, 6.07) is 5.94. The molecule has 3 rings (SSSR count). The Bertz CT molecular complexity index is 555. The Hall–Kier alpha value is -1.75. The Balaban J connectivity index is 1.95. The summed E-state index contributed by atoms with van der Waals surface area (Å²) in [4.78, 5) is 14.4. The molecule has 1 aliphatic heterocycles. The minimum Gasteiger partial charge on any atom is -0.493 e. The predicted octanol–water partition coefficient (Wildman–Crippen LogP) is 2.25. The van der Waals surface area contributed by atoms with Crippen LogP contribution in [0.25, 0.3) is 0 Å². The molecule has 1 heterocycles. The molecule has 0 spiro atoms. The normalized spacial score (nSPS) is 25.8. The molecular weight excluding hydrogens is 280 g/mol. The molecule has 5 nitrogen and oxygen atoms in total. The second-order valence-corrected chi connectivity index (χ2v) is 6.17. The van der Waals surface area contributed by atoms with E-state index in [-0.39, 0.29) is 18.0 Å². The van der Waals surface area contributed by atoms with Crippen molar-refractivity contribution in [1.82, 2.24) is 4.90 Å². The molecule has 0 radical (unpaired) electrons. The van der Waals surface area contributed by atoms with Gasteiger partial charge in [0.15, 0.2) is 11.5 Å². The molecule has 120 valence electrons. The minimum atomic E-state index is -0.161. The fraction of sp³-hybridized carbons (Fsp3) is 0.588. The van der Waals surface area contributed by atoms with Gasteiger partial charge in [0.1, 0.15) is 0 Å². The zero-order valence-electron chi connectivity index (χ0n) is 13.2. The van der Waals surface area contributed by atoms with Gasteiger partial charge < -0.3 is 20.1 Å². The number of benzene rings is 1. The number of methoxy groups -OCH3 is 2. The minimum absolute atomic E-state index is 0.0598.